The summed E-state index contributed by atoms with van der Waals surface area (Å²) in [6.07, 6.45) is 25.6. The number of ether oxygens (including phenoxy) is 6. The molecular weight excluding hydrogens is 853 g/mol. The van der Waals surface area contributed by atoms with Gasteiger partial charge < -0.3 is 64.2 Å². The van der Waals surface area contributed by atoms with Gasteiger partial charge in [0.15, 0.2) is 18.7 Å². The third-order valence-electron chi connectivity index (χ3n) is 11.6. The predicted molar refractivity (Wildman–Crippen MR) is 252 cm³/mol. The molecule has 0 aromatic carbocycles. The van der Waals surface area contributed by atoms with Crippen LogP contribution in [0.25, 0.3) is 0 Å². The van der Waals surface area contributed by atoms with Crippen molar-refractivity contribution >= 4 is 11.9 Å². The van der Waals surface area contributed by atoms with Crippen LogP contribution in [0.2, 0.25) is 0 Å². The molecule has 0 aromatic rings. The minimum absolute atomic E-state index is 0.0680. The number of esters is 2. The van der Waals surface area contributed by atoms with Crippen LogP contribution < -0.4 is 0 Å². The second-order valence-electron chi connectivity index (χ2n) is 17.4. The number of rotatable bonds is 37. The van der Waals surface area contributed by atoms with Crippen molar-refractivity contribution in [3.05, 3.63) is 60.8 Å². The van der Waals surface area contributed by atoms with Gasteiger partial charge in [0.1, 0.15) is 55.4 Å². The van der Waals surface area contributed by atoms with Crippen LogP contribution in [0, 0.1) is 0 Å². The summed E-state index contributed by atoms with van der Waals surface area (Å²) in [6.45, 7) is 2.36. The van der Waals surface area contributed by atoms with E-state index in [0.29, 0.717) is 19.3 Å². The molecule has 2 heterocycles. The SMILES string of the molecule is CC/C=C/C=C/C=C/C=C/C=C/CCCC(=O)OC(COC(=O)CCCCCCCCCCCCCCCCCCC)CO[C@@H]1O[C@H](CO[C@@H]2O[C@H](CO)[C@H](O)C(O)C2O)[C@H](O)C(O)C1O. The average molecular weight is 939 g/mol. The molecule has 66 heavy (non-hydrogen) atoms. The molecule has 0 amide bonds. The summed E-state index contributed by atoms with van der Waals surface area (Å²) >= 11 is 0. The van der Waals surface area contributed by atoms with E-state index < -0.39 is 99.3 Å². The summed E-state index contributed by atoms with van der Waals surface area (Å²) in [5.74, 6) is -1.01. The van der Waals surface area contributed by atoms with Crippen LogP contribution in [0.3, 0.4) is 0 Å². The Morgan fingerprint density at radius 1 is 0.500 bits per heavy atom. The standard InChI is InChI=1S/C51H86O15/c1-3-5-7-9-11-13-15-17-18-19-20-22-23-25-27-29-31-33-42(53)61-36-39(64-43(54)34-32-30-28-26-24-21-16-14-12-10-8-6-4-2)37-62-50-49(60)47(58)45(56)41(66-50)38-63-51-48(59)46(57)44(55)40(35-52)65-51/h6,8,10,12,14,16,21,24,26,28,39-41,44-52,55-60H,3-5,7,9,11,13,15,17-20,22-23,25,27,29-38H2,1-2H3/b8-6+,12-10+,16-14+,24-21+,28-26+/t39?,40-,41-,44+,45+,46?,47?,48?,49?,50-,51-/m1/s1. The predicted octanol–water partition coefficient (Wildman–Crippen LogP) is 6.49. The second kappa shape index (κ2) is 38.1. The van der Waals surface area contributed by atoms with Gasteiger partial charge in [-0.15, -0.1) is 0 Å². The topological polar surface area (TPSA) is 231 Å². The highest BCUT2D eigenvalue weighted by atomic mass is 16.7. The Kier molecular flexibility index (Phi) is 34.2. The Labute approximate surface area is 394 Å². The smallest absolute Gasteiger partial charge is 0.306 e. The summed E-state index contributed by atoms with van der Waals surface area (Å²) in [6, 6.07) is 0. The molecular formula is C51H86O15. The van der Waals surface area contributed by atoms with Crippen LogP contribution in [0.4, 0.5) is 0 Å². The summed E-state index contributed by atoms with van der Waals surface area (Å²) < 4.78 is 33.4. The quantitative estimate of drug-likeness (QED) is 0.0201. The number of unbranched alkanes of at least 4 members (excludes halogenated alkanes) is 17. The first kappa shape index (κ1) is 59.3. The molecule has 0 spiro atoms. The lowest BCUT2D eigenvalue weighted by molar-refractivity contribution is -0.332. The van der Waals surface area contributed by atoms with Crippen LogP contribution in [-0.4, -0.2) is 142 Å². The molecule has 0 radical (unpaired) electrons. The van der Waals surface area contributed by atoms with E-state index in [9.17, 15) is 45.3 Å². The monoisotopic (exact) mass is 939 g/mol. The molecule has 0 saturated carbocycles. The highest BCUT2D eigenvalue weighted by Gasteiger charge is 2.47. The lowest BCUT2D eigenvalue weighted by Crippen LogP contribution is -2.61. The Hall–Kier alpha value is -2.80. The van der Waals surface area contributed by atoms with E-state index in [1.165, 1.54) is 83.5 Å². The van der Waals surface area contributed by atoms with Crippen molar-refractivity contribution in [2.45, 2.75) is 223 Å². The fraction of sp³-hybridized carbons (Fsp3) is 0.765. The van der Waals surface area contributed by atoms with Crippen molar-refractivity contribution in [2.75, 3.05) is 26.4 Å². The van der Waals surface area contributed by atoms with Crippen molar-refractivity contribution in [1.29, 1.82) is 0 Å². The van der Waals surface area contributed by atoms with Crippen molar-refractivity contribution < 1.29 is 73.8 Å². The highest BCUT2D eigenvalue weighted by molar-refractivity contribution is 5.70. The zero-order valence-electron chi connectivity index (χ0n) is 39.9. The van der Waals surface area contributed by atoms with Gasteiger partial charge in [-0.1, -0.05) is 177 Å². The maximum absolute atomic E-state index is 12.9. The molecule has 11 atom stereocenters. The summed E-state index contributed by atoms with van der Waals surface area (Å²) in [7, 11) is 0. The van der Waals surface area contributed by atoms with Crippen LogP contribution in [0.5, 0.6) is 0 Å². The number of carbonyl (C=O) groups excluding carboxylic acids is 2. The van der Waals surface area contributed by atoms with Gasteiger partial charge in [-0.05, 0) is 25.7 Å². The van der Waals surface area contributed by atoms with Crippen molar-refractivity contribution in [3.8, 4) is 0 Å². The minimum atomic E-state index is -1.78. The summed E-state index contributed by atoms with van der Waals surface area (Å²) in [5, 5.41) is 72.0. The lowest BCUT2D eigenvalue weighted by Gasteiger charge is -2.42. The van der Waals surface area contributed by atoms with Gasteiger partial charge in [-0.2, -0.15) is 0 Å². The zero-order valence-corrected chi connectivity index (χ0v) is 39.9. The van der Waals surface area contributed by atoms with Crippen LogP contribution in [0.15, 0.2) is 60.8 Å². The van der Waals surface area contributed by atoms with E-state index in [-0.39, 0.29) is 19.4 Å². The zero-order chi connectivity index (χ0) is 48.2. The van der Waals surface area contributed by atoms with E-state index >= 15 is 0 Å². The number of carbonyl (C=O) groups is 2. The summed E-state index contributed by atoms with van der Waals surface area (Å²) in [4.78, 5) is 25.7. The van der Waals surface area contributed by atoms with E-state index in [2.05, 4.69) is 19.9 Å². The molecule has 15 nitrogen and oxygen atoms in total. The van der Waals surface area contributed by atoms with E-state index in [4.69, 9.17) is 28.4 Å². The molecule has 2 fully saturated rings. The Balaban J connectivity index is 1.83. The number of aliphatic hydroxyl groups is 7. The van der Waals surface area contributed by atoms with Gasteiger partial charge in [-0.3, -0.25) is 9.59 Å². The normalized spacial score (nSPS) is 26.7. The minimum Gasteiger partial charge on any atom is -0.462 e. The molecule has 2 saturated heterocycles. The maximum Gasteiger partial charge on any atom is 0.306 e. The molecule has 0 aromatic heterocycles. The molecule has 2 aliphatic heterocycles. The first-order valence-corrected chi connectivity index (χ1v) is 24.9. The molecule has 0 bridgehead atoms. The van der Waals surface area contributed by atoms with E-state index in [1.54, 1.807) is 0 Å². The number of hydrogen-bond acceptors (Lipinski definition) is 15. The highest BCUT2D eigenvalue weighted by Crippen LogP contribution is 2.26. The fourth-order valence-corrected chi connectivity index (χ4v) is 7.54. The Bertz CT molecular complexity index is 1380. The van der Waals surface area contributed by atoms with Gasteiger partial charge in [0, 0.05) is 12.8 Å². The lowest BCUT2D eigenvalue weighted by atomic mass is 9.98. The molecule has 2 aliphatic rings. The number of aliphatic hydroxyl groups excluding tert-OH is 7. The van der Waals surface area contributed by atoms with Gasteiger partial charge in [0.2, 0.25) is 0 Å². The first-order valence-electron chi connectivity index (χ1n) is 24.9. The summed E-state index contributed by atoms with van der Waals surface area (Å²) in [5.41, 5.74) is 0. The van der Waals surface area contributed by atoms with Crippen LogP contribution in [-0.2, 0) is 38.0 Å². The third kappa shape index (κ3) is 26.1. The Morgan fingerprint density at radius 3 is 1.48 bits per heavy atom. The maximum atomic E-state index is 12.9. The van der Waals surface area contributed by atoms with Gasteiger partial charge >= 0.3 is 11.9 Å². The van der Waals surface area contributed by atoms with Crippen LogP contribution in [0.1, 0.15) is 155 Å². The molecule has 5 unspecified atom stereocenters. The van der Waals surface area contributed by atoms with E-state index in [1.807, 2.05) is 54.7 Å². The Morgan fingerprint density at radius 2 is 0.955 bits per heavy atom. The number of hydrogen-bond donors (Lipinski definition) is 7. The molecule has 7 N–H and O–H groups in total. The average Bonchev–Trinajstić information content (AvgIpc) is 3.31. The van der Waals surface area contributed by atoms with Gasteiger partial charge in [-0.25, -0.2) is 0 Å². The first-order chi connectivity index (χ1) is 32.0. The molecule has 2 rings (SSSR count). The largest absolute Gasteiger partial charge is 0.462 e. The van der Waals surface area contributed by atoms with Crippen molar-refractivity contribution in [1.82, 2.24) is 0 Å². The number of allylic oxidation sites excluding steroid dienone is 10. The third-order valence-corrected chi connectivity index (χ3v) is 11.6. The van der Waals surface area contributed by atoms with Gasteiger partial charge in [0.05, 0.1) is 19.8 Å². The molecule has 380 valence electrons. The molecule has 15 heteroatoms. The van der Waals surface area contributed by atoms with Gasteiger partial charge in [0.25, 0.3) is 0 Å². The van der Waals surface area contributed by atoms with Crippen molar-refractivity contribution in [2.24, 2.45) is 0 Å². The van der Waals surface area contributed by atoms with Crippen LogP contribution >= 0.6 is 0 Å². The fourth-order valence-electron chi connectivity index (χ4n) is 7.54. The van der Waals surface area contributed by atoms with E-state index in [0.717, 1.165) is 25.7 Å². The molecule has 0 aliphatic carbocycles. The second-order valence-corrected chi connectivity index (χ2v) is 17.4. The van der Waals surface area contributed by atoms with Crippen molar-refractivity contribution in [3.63, 3.8) is 0 Å².